The monoisotopic (exact) mass is 487 g/mol. The number of carbonyl (C=O) groups is 1. The van der Waals surface area contributed by atoms with Crippen molar-refractivity contribution >= 4 is 27.4 Å². The van der Waals surface area contributed by atoms with Gasteiger partial charge in [-0.3, -0.25) is 4.72 Å². The highest BCUT2D eigenvalue weighted by atomic mass is 32.2. The van der Waals surface area contributed by atoms with Gasteiger partial charge in [0, 0.05) is 24.8 Å². The van der Waals surface area contributed by atoms with Gasteiger partial charge in [0.05, 0.1) is 22.8 Å². The maximum Gasteiger partial charge on any atom is 0.337 e. The molecule has 184 valence electrons. The molecule has 34 heavy (non-hydrogen) atoms. The lowest BCUT2D eigenvalue weighted by Gasteiger charge is -2.41. The van der Waals surface area contributed by atoms with E-state index in [1.165, 1.54) is 44.5 Å². The summed E-state index contributed by atoms with van der Waals surface area (Å²) < 4.78 is 33.5. The topological polar surface area (TPSA) is 99.2 Å². The molecule has 0 amide bonds. The van der Waals surface area contributed by atoms with Crippen molar-refractivity contribution < 1.29 is 23.1 Å². The molecule has 9 heteroatoms. The molecule has 8 nitrogen and oxygen atoms in total. The van der Waals surface area contributed by atoms with E-state index in [9.17, 15) is 18.3 Å². The van der Waals surface area contributed by atoms with Crippen molar-refractivity contribution in [1.29, 1.82) is 0 Å². The fourth-order valence-electron chi connectivity index (χ4n) is 4.85. The van der Waals surface area contributed by atoms with E-state index in [4.69, 9.17) is 4.74 Å². The van der Waals surface area contributed by atoms with Gasteiger partial charge in [0.1, 0.15) is 5.75 Å². The predicted octanol–water partition coefficient (Wildman–Crippen LogP) is 4.04. The van der Waals surface area contributed by atoms with Crippen LogP contribution in [0, 0.1) is 0 Å². The second-order valence-corrected chi connectivity index (χ2v) is 10.5. The maximum atomic E-state index is 12.9. The number of rotatable bonds is 8. The summed E-state index contributed by atoms with van der Waals surface area (Å²) in [5.74, 6) is -0.601. The Morgan fingerprint density at radius 1 is 1.03 bits per heavy atom. The number of piperidine rings is 2. The van der Waals surface area contributed by atoms with Gasteiger partial charge in [-0.25, -0.2) is 13.2 Å². The largest absolute Gasteiger partial charge is 0.494 e. The Labute approximate surface area is 201 Å². The normalized spacial score (nSPS) is 18.0. The molecular weight excluding hydrogens is 454 g/mol. The number of hydrogen-bond acceptors (Lipinski definition) is 6. The van der Waals surface area contributed by atoms with Gasteiger partial charge < -0.3 is 19.6 Å². The molecule has 2 aliphatic heterocycles. The van der Waals surface area contributed by atoms with E-state index in [1.807, 2.05) is 6.92 Å². The summed E-state index contributed by atoms with van der Waals surface area (Å²) in [6, 6.07) is 11.5. The first-order chi connectivity index (χ1) is 16.4. The van der Waals surface area contributed by atoms with Crippen LogP contribution in [-0.2, 0) is 10.0 Å². The Balaban J connectivity index is 1.47. The molecule has 2 aromatic carbocycles. The minimum Gasteiger partial charge on any atom is -0.494 e. The molecule has 0 aromatic heterocycles. The molecule has 2 N–H and O–H groups in total. The number of carboxylic acids is 1. The fourth-order valence-corrected chi connectivity index (χ4v) is 5.93. The van der Waals surface area contributed by atoms with Gasteiger partial charge in [0.25, 0.3) is 10.0 Å². The third-order valence-electron chi connectivity index (χ3n) is 6.66. The van der Waals surface area contributed by atoms with Crippen LogP contribution in [0.5, 0.6) is 5.75 Å². The van der Waals surface area contributed by atoms with E-state index in [1.54, 1.807) is 30.3 Å². The highest BCUT2D eigenvalue weighted by Crippen LogP contribution is 2.29. The fraction of sp³-hybridized carbons (Fsp3) is 0.480. The predicted molar refractivity (Wildman–Crippen MR) is 132 cm³/mol. The second-order valence-electron chi connectivity index (χ2n) is 8.86. The molecule has 0 atom stereocenters. The molecular formula is C25H33N3O5S. The molecule has 0 spiro atoms. The summed E-state index contributed by atoms with van der Waals surface area (Å²) in [6.07, 6.45) is 5.97. The van der Waals surface area contributed by atoms with E-state index in [2.05, 4.69) is 14.5 Å². The Bertz CT molecular complexity index is 1090. The number of nitrogens with zero attached hydrogens (tertiary/aromatic N) is 2. The third kappa shape index (κ3) is 5.64. The van der Waals surface area contributed by atoms with Crippen molar-refractivity contribution in [2.45, 2.75) is 50.0 Å². The van der Waals surface area contributed by atoms with Crippen LogP contribution in [0.1, 0.15) is 49.4 Å². The van der Waals surface area contributed by atoms with Gasteiger partial charge in [0.15, 0.2) is 0 Å². The van der Waals surface area contributed by atoms with Gasteiger partial charge >= 0.3 is 5.97 Å². The summed E-state index contributed by atoms with van der Waals surface area (Å²) in [6.45, 7) is 6.40. The number of aromatic carboxylic acids is 1. The van der Waals surface area contributed by atoms with Gasteiger partial charge in [-0.15, -0.1) is 0 Å². The number of ether oxygens (including phenoxy) is 1. The van der Waals surface area contributed by atoms with Crippen molar-refractivity contribution in [3.63, 3.8) is 0 Å². The van der Waals surface area contributed by atoms with Crippen molar-refractivity contribution in [2.75, 3.05) is 42.4 Å². The van der Waals surface area contributed by atoms with Gasteiger partial charge in [0.2, 0.25) is 0 Å². The lowest BCUT2D eigenvalue weighted by atomic mass is 9.99. The van der Waals surface area contributed by atoms with Crippen LogP contribution in [0.2, 0.25) is 0 Å². The van der Waals surface area contributed by atoms with Gasteiger partial charge in [-0.05, 0) is 88.2 Å². The number of carboxylic acid groups (broad SMARTS) is 1. The lowest BCUT2D eigenvalue weighted by molar-refractivity contribution is 0.0698. The molecule has 4 rings (SSSR count). The van der Waals surface area contributed by atoms with Gasteiger partial charge in [-0.2, -0.15) is 0 Å². The maximum absolute atomic E-state index is 12.9. The average molecular weight is 488 g/mol. The highest BCUT2D eigenvalue weighted by Gasteiger charge is 2.27. The molecule has 0 bridgehead atoms. The second kappa shape index (κ2) is 10.7. The van der Waals surface area contributed by atoms with E-state index < -0.39 is 16.0 Å². The molecule has 2 aromatic rings. The first-order valence-corrected chi connectivity index (χ1v) is 13.5. The molecule has 0 unspecified atom stereocenters. The molecule has 2 aliphatic rings. The quantitative estimate of drug-likeness (QED) is 0.580. The van der Waals surface area contributed by atoms with Crippen LogP contribution in [0.25, 0.3) is 0 Å². The van der Waals surface area contributed by atoms with Crippen LogP contribution in [0.3, 0.4) is 0 Å². The van der Waals surface area contributed by atoms with Crippen molar-refractivity contribution in [3.8, 4) is 5.75 Å². The lowest BCUT2D eigenvalue weighted by Crippen LogP contribution is -2.46. The van der Waals surface area contributed by atoms with Crippen LogP contribution in [0.4, 0.5) is 11.4 Å². The number of sulfonamides is 1. The number of likely N-dealkylation sites (tertiary alicyclic amines) is 1. The molecule has 2 heterocycles. The van der Waals surface area contributed by atoms with Gasteiger partial charge in [-0.1, -0.05) is 6.42 Å². The number of hydrogen-bond donors (Lipinski definition) is 2. The molecule has 2 saturated heterocycles. The standard InChI is InChI=1S/C25H33N3O5S/c1-2-33-21-7-9-22(10-8-21)34(31,32)26-24-11-6-20(18-23(24)25(29)30)28-16-12-19(13-17-28)27-14-4-3-5-15-27/h6-11,18-19,26H,2-5,12-17H2,1H3,(H,29,30). The summed E-state index contributed by atoms with van der Waals surface area (Å²) in [5.41, 5.74) is 0.789. The SMILES string of the molecule is CCOc1ccc(S(=O)(=O)Nc2ccc(N3CCC(N4CCCCC4)CC3)cc2C(=O)O)cc1. The number of anilines is 2. The summed E-state index contributed by atoms with van der Waals surface area (Å²) in [4.78, 5) is 16.8. The summed E-state index contributed by atoms with van der Waals surface area (Å²) in [5, 5.41) is 9.79. The Hall–Kier alpha value is -2.78. The first kappa shape index (κ1) is 24.3. The van der Waals surface area contributed by atoms with Crippen LogP contribution >= 0.6 is 0 Å². The van der Waals surface area contributed by atoms with Crippen LogP contribution < -0.4 is 14.4 Å². The first-order valence-electron chi connectivity index (χ1n) is 12.0. The Morgan fingerprint density at radius 2 is 1.71 bits per heavy atom. The van der Waals surface area contributed by atoms with Crippen molar-refractivity contribution in [3.05, 3.63) is 48.0 Å². The molecule has 0 saturated carbocycles. The van der Waals surface area contributed by atoms with E-state index >= 15 is 0 Å². The molecule has 2 fully saturated rings. The van der Waals surface area contributed by atoms with E-state index in [0.29, 0.717) is 18.4 Å². The average Bonchev–Trinajstić information content (AvgIpc) is 2.85. The Kier molecular flexibility index (Phi) is 7.63. The van der Waals surface area contributed by atoms with E-state index in [0.717, 1.165) is 31.6 Å². The minimum atomic E-state index is -3.95. The molecule has 0 radical (unpaired) electrons. The zero-order valence-electron chi connectivity index (χ0n) is 19.6. The summed E-state index contributed by atoms with van der Waals surface area (Å²) >= 11 is 0. The zero-order chi connectivity index (χ0) is 24.1. The zero-order valence-corrected chi connectivity index (χ0v) is 20.4. The molecule has 0 aliphatic carbocycles. The third-order valence-corrected chi connectivity index (χ3v) is 8.04. The number of nitrogens with one attached hydrogen (secondary N) is 1. The van der Waals surface area contributed by atoms with Crippen LogP contribution in [-0.4, -0.2) is 63.2 Å². The highest BCUT2D eigenvalue weighted by molar-refractivity contribution is 7.92. The van der Waals surface area contributed by atoms with Crippen molar-refractivity contribution in [1.82, 2.24) is 4.90 Å². The minimum absolute atomic E-state index is 0.0381. The summed E-state index contributed by atoms with van der Waals surface area (Å²) in [7, 11) is -3.95. The Morgan fingerprint density at radius 3 is 2.32 bits per heavy atom. The smallest absolute Gasteiger partial charge is 0.337 e. The van der Waals surface area contributed by atoms with E-state index in [-0.39, 0.29) is 16.1 Å². The number of benzene rings is 2. The van der Waals surface area contributed by atoms with Crippen molar-refractivity contribution in [2.24, 2.45) is 0 Å². The van der Waals surface area contributed by atoms with Crippen LogP contribution in [0.15, 0.2) is 47.4 Å².